The number of aromatic nitrogens is 1. The van der Waals surface area contributed by atoms with E-state index in [0.29, 0.717) is 56.5 Å². The number of amides is 1. The molecule has 8 nitrogen and oxygen atoms in total. The fourth-order valence-electron chi connectivity index (χ4n) is 6.51. The molecule has 1 aliphatic heterocycles. The number of hydrogen-bond acceptors (Lipinski definition) is 8. The number of fused-ring (bicyclic) bond motifs is 4. The molecule has 1 aromatic heterocycles. The zero-order valence-corrected chi connectivity index (χ0v) is 29.0. The molecule has 1 amide bonds. The van der Waals surface area contributed by atoms with Gasteiger partial charge in [-0.05, 0) is 97.5 Å². The predicted molar refractivity (Wildman–Crippen MR) is 193 cm³/mol. The lowest BCUT2D eigenvalue weighted by molar-refractivity contribution is -0.125. The molecule has 1 atom stereocenters. The fourth-order valence-corrected chi connectivity index (χ4v) is 7.72. The third-order valence-corrected chi connectivity index (χ3v) is 10.1. The molecule has 0 fully saturated rings. The molecule has 1 aliphatic carbocycles. The second-order valence-corrected chi connectivity index (χ2v) is 13.2. The first kappa shape index (κ1) is 32.6. The van der Waals surface area contributed by atoms with Crippen molar-refractivity contribution in [2.45, 2.75) is 42.1 Å². The maximum atomic E-state index is 14.3. The molecular formula is C39H33ClN2O6S. The molecule has 0 radical (unpaired) electrons. The molecule has 0 N–H and O–H groups in total. The van der Waals surface area contributed by atoms with Crippen molar-refractivity contribution in [2.75, 3.05) is 26.2 Å². The molecule has 0 bridgehead atoms. The van der Waals surface area contributed by atoms with Gasteiger partial charge >= 0.3 is 5.97 Å². The first-order valence-corrected chi connectivity index (χ1v) is 17.0. The van der Waals surface area contributed by atoms with Crippen LogP contribution in [0.2, 0.25) is 5.02 Å². The van der Waals surface area contributed by atoms with Crippen molar-refractivity contribution < 1.29 is 28.5 Å². The number of anilines is 2. The lowest BCUT2D eigenvalue weighted by Gasteiger charge is -2.32. The number of esters is 1. The Balaban J connectivity index is 1.27. The number of rotatable bonds is 7. The fraction of sp³-hybridized carbons (Fsp3) is 0.205. The summed E-state index contributed by atoms with van der Waals surface area (Å²) in [6.07, 6.45) is 3.13. The van der Waals surface area contributed by atoms with E-state index in [2.05, 4.69) is 0 Å². The Bertz CT molecular complexity index is 2140. The van der Waals surface area contributed by atoms with Crippen LogP contribution in [0.4, 0.5) is 11.4 Å². The summed E-state index contributed by atoms with van der Waals surface area (Å²) < 4.78 is 22.7. The Morgan fingerprint density at radius 3 is 2.35 bits per heavy atom. The number of ether oxygens (including phenoxy) is 4. The third-order valence-electron chi connectivity index (χ3n) is 8.74. The van der Waals surface area contributed by atoms with Gasteiger partial charge in [-0.25, -0.2) is 9.78 Å². The van der Waals surface area contributed by atoms with Crippen LogP contribution in [0.15, 0.2) is 88.7 Å². The summed E-state index contributed by atoms with van der Waals surface area (Å²) >= 11 is 7.95. The van der Waals surface area contributed by atoms with E-state index in [1.54, 1.807) is 57.0 Å². The van der Waals surface area contributed by atoms with Crippen LogP contribution in [-0.2, 0) is 16.0 Å². The number of halogens is 1. The zero-order chi connectivity index (χ0) is 34.2. The normalized spacial score (nSPS) is 14.8. The Hall–Kier alpha value is -4.99. The monoisotopic (exact) mass is 692 g/mol. The summed E-state index contributed by atoms with van der Waals surface area (Å²) in [4.78, 5) is 36.9. The first-order valence-electron chi connectivity index (χ1n) is 15.8. The van der Waals surface area contributed by atoms with Gasteiger partial charge in [0.1, 0.15) is 0 Å². The van der Waals surface area contributed by atoms with Crippen LogP contribution in [0.1, 0.15) is 46.9 Å². The molecule has 5 aromatic rings. The van der Waals surface area contributed by atoms with Crippen LogP contribution in [-0.4, -0.2) is 44.3 Å². The van der Waals surface area contributed by atoms with Crippen LogP contribution in [0, 0.1) is 0 Å². The smallest absolute Gasteiger partial charge is 0.339 e. The number of carbonyl (C=O) groups excluding carboxylic acids is 2. The summed E-state index contributed by atoms with van der Waals surface area (Å²) in [5.41, 5.74) is 5.79. The summed E-state index contributed by atoms with van der Waals surface area (Å²) in [6, 6.07) is 24.4. The van der Waals surface area contributed by atoms with Crippen LogP contribution < -0.4 is 19.1 Å². The van der Waals surface area contributed by atoms with E-state index in [1.165, 1.54) is 0 Å². The van der Waals surface area contributed by atoms with Gasteiger partial charge in [0.05, 0.1) is 49.5 Å². The number of benzene rings is 4. The standard InChI is InChI=1S/C39H33ClN2O6S/c1-22(38(43)42-29-14-7-8-15-33(29)49-34-17-16-25(40)21-30(34)42)48-39(44)35-26-11-5-6-13-28(26)41-36-24(10-9-12-27(35)36)18-23-19-31(45-2)37(47-4)32(20-23)46-3/h5-8,11,13-22H,9-10,12H2,1-4H3/b24-18-. The number of nitrogens with zero attached hydrogens (tertiary/aromatic N) is 2. The molecule has 248 valence electrons. The van der Waals surface area contributed by atoms with Gasteiger partial charge < -0.3 is 18.9 Å². The van der Waals surface area contributed by atoms with Gasteiger partial charge in [-0.3, -0.25) is 9.69 Å². The van der Waals surface area contributed by atoms with E-state index >= 15 is 0 Å². The highest BCUT2D eigenvalue weighted by atomic mass is 35.5. The summed E-state index contributed by atoms with van der Waals surface area (Å²) in [7, 11) is 4.73. The van der Waals surface area contributed by atoms with Crippen molar-refractivity contribution in [3.63, 3.8) is 0 Å². The van der Waals surface area contributed by atoms with E-state index in [1.807, 2.05) is 72.8 Å². The minimum Gasteiger partial charge on any atom is -0.493 e. The van der Waals surface area contributed by atoms with E-state index in [9.17, 15) is 9.59 Å². The van der Waals surface area contributed by atoms with E-state index in [-0.39, 0.29) is 5.91 Å². The molecule has 0 saturated carbocycles. The predicted octanol–water partition coefficient (Wildman–Crippen LogP) is 9.17. The molecule has 1 unspecified atom stereocenters. The second kappa shape index (κ2) is 13.5. The Morgan fingerprint density at radius 2 is 1.59 bits per heavy atom. The number of pyridine rings is 1. The Morgan fingerprint density at radius 1 is 0.878 bits per heavy atom. The molecule has 4 aromatic carbocycles. The van der Waals surface area contributed by atoms with Crippen molar-refractivity contribution in [2.24, 2.45) is 0 Å². The Labute approximate surface area is 293 Å². The summed E-state index contributed by atoms with van der Waals surface area (Å²) in [5, 5.41) is 1.18. The molecule has 2 aliphatic rings. The van der Waals surface area contributed by atoms with Gasteiger partial charge in [0.25, 0.3) is 5.91 Å². The van der Waals surface area contributed by atoms with Crippen molar-refractivity contribution in [1.29, 1.82) is 0 Å². The highest BCUT2D eigenvalue weighted by Gasteiger charge is 2.34. The van der Waals surface area contributed by atoms with E-state index in [4.69, 9.17) is 35.5 Å². The van der Waals surface area contributed by atoms with E-state index in [0.717, 1.165) is 45.0 Å². The number of para-hydroxylation sites is 2. The third kappa shape index (κ3) is 5.98. The maximum absolute atomic E-state index is 14.3. The number of hydrogen-bond donors (Lipinski definition) is 0. The molecule has 0 saturated heterocycles. The summed E-state index contributed by atoms with van der Waals surface area (Å²) in [5.74, 6) is 0.640. The minimum atomic E-state index is -1.10. The second-order valence-electron chi connectivity index (χ2n) is 11.7. The molecule has 10 heteroatoms. The van der Waals surface area contributed by atoms with Crippen molar-refractivity contribution >= 4 is 69.2 Å². The van der Waals surface area contributed by atoms with Crippen LogP contribution in [0.3, 0.4) is 0 Å². The highest BCUT2D eigenvalue weighted by molar-refractivity contribution is 7.99. The lowest BCUT2D eigenvalue weighted by atomic mass is 9.86. The van der Waals surface area contributed by atoms with Gasteiger partial charge in [-0.2, -0.15) is 0 Å². The van der Waals surface area contributed by atoms with E-state index < -0.39 is 12.1 Å². The number of allylic oxidation sites excluding steroid dienone is 1. The van der Waals surface area contributed by atoms with Gasteiger partial charge in [0.2, 0.25) is 5.75 Å². The molecule has 0 spiro atoms. The maximum Gasteiger partial charge on any atom is 0.339 e. The lowest BCUT2D eigenvalue weighted by Crippen LogP contribution is -2.38. The highest BCUT2D eigenvalue weighted by Crippen LogP contribution is 2.49. The summed E-state index contributed by atoms with van der Waals surface area (Å²) in [6.45, 7) is 1.61. The average molecular weight is 693 g/mol. The number of carbonyl (C=O) groups is 2. The van der Waals surface area contributed by atoms with Crippen molar-refractivity contribution in [1.82, 2.24) is 4.98 Å². The van der Waals surface area contributed by atoms with Gasteiger partial charge in [0.15, 0.2) is 17.6 Å². The molecule has 7 rings (SSSR count). The largest absolute Gasteiger partial charge is 0.493 e. The molecule has 49 heavy (non-hydrogen) atoms. The average Bonchev–Trinajstić information content (AvgIpc) is 3.12. The molecular weight excluding hydrogens is 660 g/mol. The van der Waals surface area contributed by atoms with Crippen LogP contribution >= 0.6 is 23.4 Å². The van der Waals surface area contributed by atoms with Crippen LogP contribution in [0.5, 0.6) is 17.2 Å². The number of methoxy groups -OCH3 is 3. The first-order chi connectivity index (χ1) is 23.8. The van der Waals surface area contributed by atoms with Crippen molar-refractivity contribution in [3.05, 3.63) is 106 Å². The van der Waals surface area contributed by atoms with Gasteiger partial charge in [-0.1, -0.05) is 53.7 Å². The topological polar surface area (TPSA) is 87.2 Å². The SMILES string of the molecule is COc1cc(/C=C2/CCCc3c2nc2ccccc2c3C(=O)OC(C)C(=O)N2c3ccccc3Sc3ccc(Cl)cc32)cc(OC)c1OC. The molecule has 2 heterocycles. The minimum absolute atomic E-state index is 0.375. The Kier molecular flexibility index (Phi) is 8.96. The van der Waals surface area contributed by atoms with Gasteiger partial charge in [-0.15, -0.1) is 0 Å². The van der Waals surface area contributed by atoms with Crippen LogP contribution in [0.25, 0.3) is 22.6 Å². The zero-order valence-electron chi connectivity index (χ0n) is 27.4. The van der Waals surface area contributed by atoms with Gasteiger partial charge in [0, 0.05) is 20.2 Å². The van der Waals surface area contributed by atoms with Crippen molar-refractivity contribution in [3.8, 4) is 17.2 Å². The quantitative estimate of drug-likeness (QED) is 0.156.